The van der Waals surface area contributed by atoms with Crippen molar-refractivity contribution in [1.29, 1.82) is 0 Å². The van der Waals surface area contributed by atoms with Gasteiger partial charge in [0.2, 0.25) is 0 Å². The topological polar surface area (TPSA) is 98.8 Å². The monoisotopic (exact) mass is 317 g/mol. The highest BCUT2D eigenvalue weighted by molar-refractivity contribution is 7.87. The van der Waals surface area contributed by atoms with Crippen LogP contribution < -0.4 is 5.32 Å². The van der Waals surface area contributed by atoms with Gasteiger partial charge in [0.1, 0.15) is 30.6 Å². The number of esters is 1. The zero-order valence-corrected chi connectivity index (χ0v) is 10.7. The van der Waals surface area contributed by atoms with E-state index in [9.17, 15) is 31.2 Å². The van der Waals surface area contributed by atoms with Gasteiger partial charge in [0, 0.05) is 0 Å². The molecule has 11 heteroatoms. The number of hydrogen-bond acceptors (Lipinski definition) is 6. The van der Waals surface area contributed by atoms with E-state index >= 15 is 0 Å². The van der Waals surface area contributed by atoms with Crippen LogP contribution in [0.4, 0.5) is 13.2 Å². The van der Waals surface area contributed by atoms with E-state index in [1.807, 2.05) is 0 Å². The Morgan fingerprint density at radius 1 is 1.40 bits per heavy atom. The molecule has 1 atom stereocenters. The lowest BCUT2D eigenvalue weighted by atomic mass is 10.3. The van der Waals surface area contributed by atoms with Gasteiger partial charge in [0.15, 0.2) is 0 Å². The third-order valence-electron chi connectivity index (χ3n) is 2.13. The lowest BCUT2D eigenvalue weighted by molar-refractivity contribution is -0.149. The minimum atomic E-state index is -4.90. The van der Waals surface area contributed by atoms with Gasteiger partial charge in [-0.05, 0) is 0 Å². The van der Waals surface area contributed by atoms with Crippen LogP contribution in [0.2, 0.25) is 0 Å². The van der Waals surface area contributed by atoms with E-state index in [4.69, 9.17) is 0 Å². The first kappa shape index (κ1) is 16.4. The highest BCUT2D eigenvalue weighted by Gasteiger charge is 2.37. The number of rotatable bonds is 4. The molecule has 0 saturated carbocycles. The zero-order chi connectivity index (χ0) is 15.6. The summed E-state index contributed by atoms with van der Waals surface area (Å²) in [5, 5.41) is 1.66. The van der Waals surface area contributed by atoms with Crippen molar-refractivity contribution < 1.29 is 40.1 Å². The molecule has 0 aromatic heterocycles. The maximum Gasteiger partial charge on any atom is 0.421 e. The average Bonchev–Trinajstić information content (AvgIpc) is 2.63. The molecule has 0 aliphatic carbocycles. The number of halogens is 3. The van der Waals surface area contributed by atoms with E-state index in [0.717, 1.165) is 0 Å². The Hall–Kier alpha value is -1.62. The molecule has 1 aliphatic heterocycles. The van der Waals surface area contributed by atoms with E-state index in [2.05, 4.69) is 15.5 Å². The van der Waals surface area contributed by atoms with Crippen LogP contribution in [0.15, 0.2) is 12.2 Å². The van der Waals surface area contributed by atoms with Gasteiger partial charge in [-0.1, -0.05) is 6.58 Å². The van der Waals surface area contributed by atoms with E-state index < -0.39 is 52.1 Å². The fourth-order valence-electron chi connectivity index (χ4n) is 1.19. The summed E-state index contributed by atoms with van der Waals surface area (Å²) in [5.74, 6) is -3.19. The lowest BCUT2D eigenvalue weighted by Crippen LogP contribution is -2.36. The third-order valence-corrected chi connectivity index (χ3v) is 3.41. The Labute approximate surface area is 111 Å². The molecule has 1 aliphatic rings. The maximum atomic E-state index is 12.1. The molecular weight excluding hydrogens is 307 g/mol. The van der Waals surface area contributed by atoms with Crippen molar-refractivity contribution in [2.24, 2.45) is 0 Å². The molecule has 1 N–H and O–H groups in total. The van der Waals surface area contributed by atoms with Gasteiger partial charge in [-0.3, -0.25) is 13.8 Å². The molecule has 0 aromatic carbocycles. The minimum absolute atomic E-state index is 0.364. The van der Waals surface area contributed by atoms with E-state index in [0.29, 0.717) is 0 Å². The third kappa shape index (κ3) is 4.81. The fourth-order valence-corrected chi connectivity index (χ4v) is 2.26. The van der Waals surface area contributed by atoms with Crippen LogP contribution in [0.1, 0.15) is 0 Å². The number of ether oxygens (including phenoxy) is 1. The van der Waals surface area contributed by atoms with Crippen molar-refractivity contribution in [3.63, 3.8) is 0 Å². The molecule has 1 rings (SSSR count). The number of amides is 1. The van der Waals surface area contributed by atoms with E-state index in [1.54, 1.807) is 5.32 Å². The van der Waals surface area contributed by atoms with Gasteiger partial charge in [0.05, 0.1) is 0 Å². The molecule has 0 bridgehead atoms. The van der Waals surface area contributed by atoms with Crippen LogP contribution in [-0.2, 0) is 28.6 Å². The summed E-state index contributed by atoms with van der Waals surface area (Å²) in [4.78, 5) is 22.2. The standard InChI is InChI=1S/C9H10F3NO6S/c1-5(9(10,11)12)8(15)13-2-7(14)19-6-3-18-20(16,17)4-6/h6H,1-4H2,(H,13,15). The Kier molecular flexibility index (Phi) is 4.76. The maximum absolute atomic E-state index is 12.1. The Balaban J connectivity index is 2.38. The van der Waals surface area contributed by atoms with Gasteiger partial charge in [-0.2, -0.15) is 21.6 Å². The van der Waals surface area contributed by atoms with Gasteiger partial charge < -0.3 is 10.1 Å². The lowest BCUT2D eigenvalue weighted by Gasteiger charge is -2.11. The predicted octanol–water partition coefficient (Wildman–Crippen LogP) is -0.507. The van der Waals surface area contributed by atoms with Crippen LogP contribution in [0.5, 0.6) is 0 Å². The van der Waals surface area contributed by atoms with Crippen molar-refractivity contribution in [2.75, 3.05) is 18.9 Å². The second-order valence-corrected chi connectivity index (χ2v) is 5.46. The molecule has 20 heavy (non-hydrogen) atoms. The van der Waals surface area contributed by atoms with Crippen LogP contribution in [-0.4, -0.2) is 51.5 Å². The van der Waals surface area contributed by atoms with Crippen LogP contribution in [0.3, 0.4) is 0 Å². The highest BCUT2D eigenvalue weighted by Crippen LogP contribution is 2.23. The fraction of sp³-hybridized carbons (Fsp3) is 0.556. The summed E-state index contributed by atoms with van der Waals surface area (Å²) >= 11 is 0. The van der Waals surface area contributed by atoms with Gasteiger partial charge in [-0.15, -0.1) is 0 Å². The molecule has 114 valence electrons. The first-order valence-electron chi connectivity index (χ1n) is 5.12. The summed E-state index contributed by atoms with van der Waals surface area (Å²) < 4.78 is 66.9. The van der Waals surface area contributed by atoms with Crippen molar-refractivity contribution in [3.8, 4) is 0 Å². The SMILES string of the molecule is C=C(C(=O)NCC(=O)OC1COS(=O)(=O)C1)C(F)(F)F. The first-order chi connectivity index (χ1) is 9.01. The van der Waals surface area contributed by atoms with Crippen molar-refractivity contribution in [1.82, 2.24) is 5.32 Å². The second kappa shape index (κ2) is 5.79. The van der Waals surface area contributed by atoms with E-state index in [-0.39, 0.29) is 6.61 Å². The normalized spacial score (nSPS) is 21.2. The second-order valence-electron chi connectivity index (χ2n) is 3.78. The molecule has 7 nitrogen and oxygen atoms in total. The largest absolute Gasteiger partial charge is 0.457 e. The Bertz CT molecular complexity index is 526. The quantitative estimate of drug-likeness (QED) is 0.426. The van der Waals surface area contributed by atoms with E-state index in [1.165, 1.54) is 0 Å². The van der Waals surface area contributed by atoms with Crippen LogP contribution in [0, 0.1) is 0 Å². The van der Waals surface area contributed by atoms with Crippen molar-refractivity contribution >= 4 is 22.0 Å². The summed E-state index contributed by atoms with van der Waals surface area (Å²) in [6, 6.07) is 0. The first-order valence-corrected chi connectivity index (χ1v) is 6.70. The summed E-state index contributed by atoms with van der Waals surface area (Å²) in [6.07, 6.45) is -5.95. The summed E-state index contributed by atoms with van der Waals surface area (Å²) in [6.45, 7) is 1.33. The molecule has 1 saturated heterocycles. The number of alkyl halides is 3. The molecule has 1 unspecified atom stereocenters. The summed E-state index contributed by atoms with van der Waals surface area (Å²) in [7, 11) is -3.73. The number of carbonyl (C=O) groups excluding carboxylic acids is 2. The molecule has 1 heterocycles. The van der Waals surface area contributed by atoms with Crippen LogP contribution in [0.25, 0.3) is 0 Å². The Morgan fingerprint density at radius 2 is 2.00 bits per heavy atom. The molecule has 0 aromatic rings. The van der Waals surface area contributed by atoms with Crippen molar-refractivity contribution in [3.05, 3.63) is 12.2 Å². The highest BCUT2D eigenvalue weighted by atomic mass is 32.2. The molecule has 0 radical (unpaired) electrons. The number of carbonyl (C=O) groups is 2. The smallest absolute Gasteiger partial charge is 0.421 e. The minimum Gasteiger partial charge on any atom is -0.457 e. The average molecular weight is 317 g/mol. The van der Waals surface area contributed by atoms with Gasteiger partial charge >= 0.3 is 12.1 Å². The number of hydrogen-bond donors (Lipinski definition) is 1. The van der Waals surface area contributed by atoms with Crippen molar-refractivity contribution in [2.45, 2.75) is 12.3 Å². The molecule has 0 spiro atoms. The molecule has 1 fully saturated rings. The molecule has 1 amide bonds. The molecular formula is C9H10F3NO6S. The zero-order valence-electron chi connectivity index (χ0n) is 9.90. The van der Waals surface area contributed by atoms with Crippen LogP contribution >= 0.6 is 0 Å². The number of nitrogens with one attached hydrogen (secondary N) is 1. The Morgan fingerprint density at radius 3 is 2.45 bits per heavy atom. The van der Waals surface area contributed by atoms with Gasteiger partial charge in [-0.25, -0.2) is 0 Å². The van der Waals surface area contributed by atoms with Gasteiger partial charge in [0.25, 0.3) is 16.0 Å². The predicted molar refractivity (Wildman–Crippen MR) is 57.8 cm³/mol. The summed E-state index contributed by atoms with van der Waals surface area (Å²) in [5.41, 5.74) is -1.66.